The van der Waals surface area contributed by atoms with Crippen molar-refractivity contribution in [3.8, 4) is 17.2 Å². The molecule has 4 rings (SSSR count). The third kappa shape index (κ3) is 4.50. The highest BCUT2D eigenvalue weighted by Gasteiger charge is 2.11. The van der Waals surface area contributed by atoms with Gasteiger partial charge in [-0.2, -0.15) is 0 Å². The van der Waals surface area contributed by atoms with Gasteiger partial charge in [0.25, 0.3) is 0 Å². The minimum absolute atomic E-state index is 0. The second-order valence-corrected chi connectivity index (χ2v) is 7.02. The minimum Gasteiger partial charge on any atom is -0.493 e. The number of methoxy groups -OCH3 is 1. The fourth-order valence-electron chi connectivity index (χ4n) is 3.47. The molecule has 0 fully saturated rings. The van der Waals surface area contributed by atoms with Gasteiger partial charge in [-0.3, -0.25) is 0 Å². The van der Waals surface area contributed by atoms with E-state index in [9.17, 15) is 5.11 Å². The van der Waals surface area contributed by atoms with Crippen LogP contribution < -0.4 is 19.5 Å². The molecule has 156 valence electrons. The van der Waals surface area contributed by atoms with Crippen LogP contribution in [0.15, 0.2) is 66.7 Å². The molecule has 1 aromatic heterocycles. The summed E-state index contributed by atoms with van der Waals surface area (Å²) in [4.78, 5) is 3.40. The first-order valence-corrected chi connectivity index (χ1v) is 10.0. The minimum atomic E-state index is -0.628. The van der Waals surface area contributed by atoms with E-state index in [4.69, 9.17) is 14.2 Å². The summed E-state index contributed by atoms with van der Waals surface area (Å²) >= 11 is 0. The molecule has 30 heavy (non-hydrogen) atoms. The molecule has 0 saturated heterocycles. The SMILES string of the molecule is COc1ccccc1OCCNCC(O)COc1cccc2[nH]c3ccccc3c12.[H+].[H+]. The third-order valence-electron chi connectivity index (χ3n) is 4.91. The predicted octanol–water partition coefficient (Wildman–Crippen LogP) is 3.96. The van der Waals surface area contributed by atoms with Gasteiger partial charge in [-0.15, -0.1) is 0 Å². The topological polar surface area (TPSA) is 75.7 Å². The van der Waals surface area contributed by atoms with E-state index in [1.54, 1.807) is 7.11 Å². The molecule has 1 atom stereocenters. The van der Waals surface area contributed by atoms with Crippen molar-refractivity contribution >= 4 is 21.8 Å². The highest BCUT2D eigenvalue weighted by Crippen LogP contribution is 2.33. The number of aliphatic hydroxyl groups is 1. The fraction of sp³-hybridized carbons (Fsp3) is 0.250. The van der Waals surface area contributed by atoms with Gasteiger partial charge in [-0.25, -0.2) is 0 Å². The summed E-state index contributed by atoms with van der Waals surface area (Å²) in [5.41, 5.74) is 2.09. The van der Waals surface area contributed by atoms with Gasteiger partial charge in [-0.05, 0) is 30.3 Å². The number of rotatable bonds is 10. The van der Waals surface area contributed by atoms with Crippen molar-refractivity contribution in [1.29, 1.82) is 0 Å². The van der Waals surface area contributed by atoms with Crippen molar-refractivity contribution in [2.24, 2.45) is 0 Å². The van der Waals surface area contributed by atoms with Gasteiger partial charge in [0.05, 0.1) is 12.6 Å². The lowest BCUT2D eigenvalue weighted by atomic mass is 10.1. The number of ether oxygens (including phenoxy) is 3. The van der Waals surface area contributed by atoms with Crippen molar-refractivity contribution in [2.45, 2.75) is 6.10 Å². The number of aromatic amines is 1. The Morgan fingerprint density at radius 2 is 1.63 bits per heavy atom. The van der Waals surface area contributed by atoms with Crippen LogP contribution in [0.3, 0.4) is 0 Å². The highest BCUT2D eigenvalue weighted by molar-refractivity contribution is 6.10. The number of H-pyrrole nitrogens is 1. The zero-order valence-corrected chi connectivity index (χ0v) is 16.9. The molecule has 0 bridgehead atoms. The van der Waals surface area contributed by atoms with Crippen LogP contribution >= 0.6 is 0 Å². The molecule has 1 heterocycles. The van der Waals surface area contributed by atoms with Gasteiger partial charge in [-0.1, -0.05) is 36.4 Å². The monoisotopic (exact) mass is 408 g/mol. The van der Waals surface area contributed by atoms with E-state index in [1.165, 1.54) is 0 Å². The average molecular weight is 408 g/mol. The van der Waals surface area contributed by atoms with Crippen LogP contribution in [0.25, 0.3) is 21.8 Å². The summed E-state index contributed by atoms with van der Waals surface area (Å²) in [5.74, 6) is 2.18. The van der Waals surface area contributed by atoms with Gasteiger partial charge in [0.15, 0.2) is 11.5 Å². The van der Waals surface area contributed by atoms with E-state index in [0.717, 1.165) is 27.6 Å². The number of para-hydroxylation sites is 3. The fourth-order valence-corrected chi connectivity index (χ4v) is 3.47. The molecule has 6 nitrogen and oxygen atoms in total. The van der Waals surface area contributed by atoms with Crippen molar-refractivity contribution in [3.05, 3.63) is 66.7 Å². The van der Waals surface area contributed by atoms with Crippen LogP contribution in [-0.2, 0) is 0 Å². The Balaban J connectivity index is 0.00000181. The van der Waals surface area contributed by atoms with Crippen LogP contribution in [0.1, 0.15) is 2.85 Å². The maximum absolute atomic E-state index is 10.3. The largest absolute Gasteiger partial charge is 1.00 e. The van der Waals surface area contributed by atoms with Crippen molar-refractivity contribution in [2.75, 3.05) is 33.4 Å². The Hall–Kier alpha value is -3.22. The van der Waals surface area contributed by atoms with Gasteiger partial charge in [0.1, 0.15) is 25.1 Å². The van der Waals surface area contributed by atoms with E-state index in [-0.39, 0.29) is 9.46 Å². The smallest absolute Gasteiger partial charge is 0.493 e. The van der Waals surface area contributed by atoms with Crippen LogP contribution in [0.2, 0.25) is 0 Å². The molecule has 4 aromatic rings. The van der Waals surface area contributed by atoms with Crippen molar-refractivity contribution in [1.82, 2.24) is 10.3 Å². The number of fused-ring (bicyclic) bond motifs is 3. The first kappa shape index (κ1) is 20.1. The molecular weight excluding hydrogens is 380 g/mol. The Morgan fingerprint density at radius 3 is 2.50 bits per heavy atom. The zero-order valence-electron chi connectivity index (χ0n) is 18.9. The number of benzene rings is 3. The normalized spacial score (nSPS) is 12.2. The lowest BCUT2D eigenvalue weighted by Crippen LogP contribution is -2.33. The van der Waals surface area contributed by atoms with E-state index < -0.39 is 6.10 Å². The second kappa shape index (κ2) is 9.52. The summed E-state index contributed by atoms with van der Waals surface area (Å²) in [6.45, 7) is 1.70. The van der Waals surface area contributed by atoms with Gasteiger partial charge >= 0.3 is 2.85 Å². The number of aromatic nitrogens is 1. The first-order chi connectivity index (χ1) is 14.8. The predicted molar refractivity (Wildman–Crippen MR) is 121 cm³/mol. The molecular formula is C24H28N2O4+2. The molecule has 0 radical (unpaired) electrons. The van der Waals surface area contributed by atoms with Crippen LogP contribution in [0.5, 0.6) is 17.2 Å². The van der Waals surface area contributed by atoms with Crippen molar-refractivity contribution in [3.63, 3.8) is 0 Å². The summed E-state index contributed by atoms with van der Waals surface area (Å²) < 4.78 is 16.9. The summed E-state index contributed by atoms with van der Waals surface area (Å²) in [6, 6.07) is 21.6. The van der Waals surface area contributed by atoms with Gasteiger partial charge in [0.2, 0.25) is 0 Å². The quantitative estimate of drug-likeness (QED) is 0.346. The zero-order chi connectivity index (χ0) is 20.8. The third-order valence-corrected chi connectivity index (χ3v) is 4.91. The molecule has 3 N–H and O–H groups in total. The Labute approximate surface area is 178 Å². The van der Waals surface area contributed by atoms with Crippen LogP contribution in [-0.4, -0.2) is 49.6 Å². The van der Waals surface area contributed by atoms with E-state index >= 15 is 0 Å². The molecule has 0 saturated carbocycles. The van der Waals surface area contributed by atoms with Crippen molar-refractivity contribution < 1.29 is 22.2 Å². The maximum atomic E-state index is 10.3. The maximum Gasteiger partial charge on any atom is 1.00 e. The molecule has 6 heteroatoms. The Bertz CT molecular complexity index is 1120. The number of nitrogens with one attached hydrogen (secondary N) is 2. The van der Waals surface area contributed by atoms with E-state index in [0.29, 0.717) is 31.2 Å². The number of hydrogen-bond donors (Lipinski definition) is 3. The molecule has 0 amide bonds. The van der Waals surface area contributed by atoms with Crippen LogP contribution in [0, 0.1) is 0 Å². The molecule has 1 unspecified atom stereocenters. The number of aliphatic hydroxyl groups excluding tert-OH is 1. The summed E-state index contributed by atoms with van der Waals surface area (Å²) in [6.07, 6.45) is -0.628. The van der Waals surface area contributed by atoms with E-state index in [1.807, 2.05) is 60.7 Å². The van der Waals surface area contributed by atoms with Gasteiger partial charge in [0, 0.05) is 29.4 Å². The van der Waals surface area contributed by atoms with Gasteiger partial charge < -0.3 is 29.6 Å². The molecule has 0 spiro atoms. The highest BCUT2D eigenvalue weighted by atomic mass is 16.5. The lowest BCUT2D eigenvalue weighted by molar-refractivity contribution is 0.106. The number of hydrogen-bond acceptors (Lipinski definition) is 5. The summed E-state index contributed by atoms with van der Waals surface area (Å²) in [5, 5.41) is 15.6. The molecule has 3 aromatic carbocycles. The van der Waals surface area contributed by atoms with Crippen LogP contribution in [0.4, 0.5) is 0 Å². The second-order valence-electron chi connectivity index (χ2n) is 7.02. The standard InChI is InChI=1S/C24H26N2O4/c1-28-21-10-4-5-11-22(21)29-14-13-25-15-17(27)16-30-23-12-6-9-20-24(23)18-7-2-3-8-19(18)26-20/h2-12,17,25-27H,13-16H2,1H3/p+2. The Morgan fingerprint density at radius 1 is 0.900 bits per heavy atom. The average Bonchev–Trinajstić information content (AvgIpc) is 3.17. The Kier molecular flexibility index (Phi) is 6.37. The molecule has 0 aliphatic carbocycles. The summed E-state index contributed by atoms with van der Waals surface area (Å²) in [7, 11) is 1.62. The first-order valence-electron chi connectivity index (χ1n) is 10.0. The lowest BCUT2D eigenvalue weighted by Gasteiger charge is -2.15. The molecule has 0 aliphatic rings. The molecule has 0 aliphatic heterocycles. The van der Waals surface area contributed by atoms with E-state index in [2.05, 4.69) is 16.4 Å².